The van der Waals surface area contributed by atoms with E-state index in [0.29, 0.717) is 16.9 Å². The van der Waals surface area contributed by atoms with E-state index < -0.39 is 0 Å². The molecule has 0 aliphatic rings. The van der Waals surface area contributed by atoms with Gasteiger partial charge in [-0.05, 0) is 35.7 Å². The summed E-state index contributed by atoms with van der Waals surface area (Å²) in [5.41, 5.74) is 2.09. The third kappa shape index (κ3) is 1.96. The van der Waals surface area contributed by atoms with Gasteiger partial charge in [-0.25, -0.2) is 14.3 Å². The van der Waals surface area contributed by atoms with Crippen LogP contribution in [0.1, 0.15) is 10.4 Å². The molecule has 1 aromatic carbocycles. The van der Waals surface area contributed by atoms with Gasteiger partial charge in [-0.15, -0.1) is 0 Å². The van der Waals surface area contributed by atoms with Gasteiger partial charge >= 0.3 is 5.69 Å². The lowest BCUT2D eigenvalue weighted by Crippen LogP contribution is -2.15. The van der Waals surface area contributed by atoms with Crippen LogP contribution < -0.4 is 11.0 Å². The van der Waals surface area contributed by atoms with Crippen LogP contribution in [0.25, 0.3) is 16.6 Å². The van der Waals surface area contributed by atoms with Crippen molar-refractivity contribution in [1.29, 1.82) is 0 Å². The van der Waals surface area contributed by atoms with Crippen molar-refractivity contribution in [2.75, 3.05) is 5.32 Å². The summed E-state index contributed by atoms with van der Waals surface area (Å²) in [6.45, 7) is 0. The van der Waals surface area contributed by atoms with Crippen LogP contribution in [0.15, 0.2) is 53.6 Å². The lowest BCUT2D eigenvalue weighted by Gasteiger charge is -2.05. The maximum atomic E-state index is 12.3. The van der Waals surface area contributed by atoms with Crippen LogP contribution in [-0.2, 0) is 0 Å². The minimum atomic E-state index is -0.377. The summed E-state index contributed by atoms with van der Waals surface area (Å²) in [6, 6.07) is 10.8. The maximum Gasteiger partial charge on any atom is 0.347 e. The number of carbonyl (C=O) groups excluding carboxylic acids is 1. The number of amides is 1. The molecular weight excluding hydrogens is 282 g/mol. The first-order valence-corrected chi connectivity index (χ1v) is 6.66. The van der Waals surface area contributed by atoms with Crippen LogP contribution in [0.4, 0.5) is 5.69 Å². The van der Waals surface area contributed by atoms with E-state index in [-0.39, 0.29) is 11.6 Å². The molecule has 0 unspecified atom stereocenters. The zero-order valence-electron chi connectivity index (χ0n) is 11.3. The zero-order chi connectivity index (χ0) is 15.1. The number of benzene rings is 1. The third-order valence-corrected chi connectivity index (χ3v) is 3.49. The predicted molar refractivity (Wildman–Crippen MR) is 82.1 cm³/mol. The molecule has 0 saturated heterocycles. The van der Waals surface area contributed by atoms with Crippen molar-refractivity contribution in [2.45, 2.75) is 0 Å². The summed E-state index contributed by atoms with van der Waals surface area (Å²) in [5.74, 6) is -0.291. The molecule has 7 heteroatoms. The first-order valence-electron chi connectivity index (χ1n) is 6.66. The third-order valence-electron chi connectivity index (χ3n) is 3.49. The first-order chi connectivity index (χ1) is 10.7. The van der Waals surface area contributed by atoms with Crippen LogP contribution in [0.5, 0.6) is 0 Å². The van der Waals surface area contributed by atoms with E-state index in [1.165, 1.54) is 10.6 Å². The van der Waals surface area contributed by atoms with Crippen molar-refractivity contribution in [3.05, 3.63) is 64.8 Å². The Balaban J connectivity index is 1.67. The van der Waals surface area contributed by atoms with Gasteiger partial charge in [-0.1, -0.05) is 6.07 Å². The van der Waals surface area contributed by atoms with Crippen molar-refractivity contribution in [3.8, 4) is 0 Å². The Morgan fingerprint density at radius 1 is 1.18 bits per heavy atom. The van der Waals surface area contributed by atoms with E-state index in [4.69, 9.17) is 0 Å². The standard InChI is InChI=1S/C15H11N5O2/c21-14(10-2-4-13-18-19-15(22)20(13)8-10)17-11-3-1-9-5-6-16-12(9)7-11/h1-8,16H,(H,17,21)(H,19,22). The van der Waals surface area contributed by atoms with E-state index >= 15 is 0 Å². The van der Waals surface area contributed by atoms with E-state index in [9.17, 15) is 9.59 Å². The van der Waals surface area contributed by atoms with Gasteiger partial charge in [-0.3, -0.25) is 4.79 Å². The lowest BCUT2D eigenvalue weighted by atomic mass is 10.2. The Labute approximate surface area is 123 Å². The average molecular weight is 293 g/mol. The number of rotatable bonds is 2. The largest absolute Gasteiger partial charge is 0.361 e. The molecule has 7 nitrogen and oxygen atoms in total. The minimum Gasteiger partial charge on any atom is -0.361 e. The molecule has 0 aliphatic carbocycles. The highest BCUT2D eigenvalue weighted by Gasteiger charge is 2.09. The molecule has 0 spiro atoms. The summed E-state index contributed by atoms with van der Waals surface area (Å²) in [5, 5.41) is 10.0. The summed E-state index contributed by atoms with van der Waals surface area (Å²) in [7, 11) is 0. The number of H-pyrrole nitrogens is 2. The topological polar surface area (TPSA) is 95.0 Å². The van der Waals surface area contributed by atoms with Gasteiger partial charge in [0.05, 0.1) is 5.56 Å². The smallest absolute Gasteiger partial charge is 0.347 e. The quantitative estimate of drug-likeness (QED) is 0.525. The molecule has 0 aliphatic heterocycles. The van der Waals surface area contributed by atoms with Crippen LogP contribution >= 0.6 is 0 Å². The lowest BCUT2D eigenvalue weighted by molar-refractivity contribution is 0.102. The molecular formula is C15H11N5O2. The number of aromatic nitrogens is 4. The number of hydrogen-bond acceptors (Lipinski definition) is 3. The van der Waals surface area contributed by atoms with E-state index in [0.717, 1.165) is 10.9 Å². The molecule has 0 radical (unpaired) electrons. The number of fused-ring (bicyclic) bond motifs is 2. The number of carbonyl (C=O) groups is 1. The molecule has 0 atom stereocenters. The minimum absolute atomic E-state index is 0.291. The number of aromatic amines is 2. The number of anilines is 1. The molecule has 0 fully saturated rings. The van der Waals surface area contributed by atoms with Gasteiger partial charge in [0.1, 0.15) is 0 Å². The van der Waals surface area contributed by atoms with Crippen molar-refractivity contribution in [3.63, 3.8) is 0 Å². The predicted octanol–water partition coefficient (Wildman–Crippen LogP) is 1.76. The molecule has 0 saturated carbocycles. The fraction of sp³-hybridized carbons (Fsp3) is 0. The van der Waals surface area contributed by atoms with Crippen LogP contribution in [-0.4, -0.2) is 25.5 Å². The summed E-state index contributed by atoms with van der Waals surface area (Å²) in [6.07, 6.45) is 3.30. The fourth-order valence-corrected chi connectivity index (χ4v) is 2.37. The number of hydrogen-bond donors (Lipinski definition) is 3. The van der Waals surface area contributed by atoms with Crippen molar-refractivity contribution >= 4 is 28.1 Å². The first kappa shape index (κ1) is 12.4. The van der Waals surface area contributed by atoms with E-state index in [2.05, 4.69) is 20.5 Å². The summed E-state index contributed by atoms with van der Waals surface area (Å²) >= 11 is 0. The second-order valence-electron chi connectivity index (χ2n) is 4.91. The molecule has 4 aromatic rings. The SMILES string of the molecule is O=C(Nc1ccc2cc[nH]c2c1)c1ccc2n[nH]c(=O)n2c1. The Morgan fingerprint density at radius 3 is 3.00 bits per heavy atom. The maximum absolute atomic E-state index is 12.3. The molecule has 108 valence electrons. The normalized spacial score (nSPS) is 11.1. The van der Waals surface area contributed by atoms with Gasteiger partial charge in [0, 0.05) is 23.6 Å². The zero-order valence-corrected chi connectivity index (χ0v) is 11.3. The second kappa shape index (κ2) is 4.59. The average Bonchev–Trinajstić information content (AvgIpc) is 3.13. The van der Waals surface area contributed by atoms with Crippen molar-refractivity contribution in [2.24, 2.45) is 0 Å². The number of pyridine rings is 1. The van der Waals surface area contributed by atoms with Gasteiger partial charge in [0.25, 0.3) is 5.91 Å². The highest BCUT2D eigenvalue weighted by Crippen LogP contribution is 2.18. The van der Waals surface area contributed by atoms with Gasteiger partial charge in [-0.2, -0.15) is 5.10 Å². The molecule has 1 amide bonds. The highest BCUT2D eigenvalue weighted by atomic mass is 16.2. The Morgan fingerprint density at radius 2 is 2.09 bits per heavy atom. The van der Waals surface area contributed by atoms with E-state index in [1.807, 2.05) is 30.5 Å². The van der Waals surface area contributed by atoms with Crippen LogP contribution in [0.3, 0.4) is 0 Å². The van der Waals surface area contributed by atoms with Crippen molar-refractivity contribution < 1.29 is 4.79 Å². The Kier molecular flexibility index (Phi) is 2.59. The molecule has 4 rings (SSSR count). The summed E-state index contributed by atoms with van der Waals surface area (Å²) in [4.78, 5) is 26.9. The highest BCUT2D eigenvalue weighted by molar-refractivity contribution is 6.05. The Hall–Kier alpha value is -3.35. The Bertz CT molecular complexity index is 1060. The van der Waals surface area contributed by atoms with Gasteiger partial charge in [0.2, 0.25) is 0 Å². The molecule has 3 heterocycles. The van der Waals surface area contributed by atoms with E-state index in [1.54, 1.807) is 12.1 Å². The monoisotopic (exact) mass is 293 g/mol. The van der Waals surface area contributed by atoms with Crippen LogP contribution in [0.2, 0.25) is 0 Å². The van der Waals surface area contributed by atoms with Crippen LogP contribution in [0, 0.1) is 0 Å². The summed E-state index contributed by atoms with van der Waals surface area (Å²) < 4.78 is 1.29. The molecule has 3 aromatic heterocycles. The van der Waals surface area contributed by atoms with Gasteiger partial charge in [0.15, 0.2) is 5.65 Å². The van der Waals surface area contributed by atoms with Crippen molar-refractivity contribution in [1.82, 2.24) is 19.6 Å². The number of nitrogens with zero attached hydrogens (tertiary/aromatic N) is 2. The molecule has 3 N–H and O–H groups in total. The van der Waals surface area contributed by atoms with Gasteiger partial charge < -0.3 is 10.3 Å². The fourth-order valence-electron chi connectivity index (χ4n) is 2.37. The molecule has 0 bridgehead atoms. The number of nitrogens with one attached hydrogen (secondary N) is 3. The second-order valence-corrected chi connectivity index (χ2v) is 4.91. The molecule has 22 heavy (non-hydrogen) atoms.